The molecule has 1 N–H and O–H groups in total. The predicted molar refractivity (Wildman–Crippen MR) is 65.1 cm³/mol. The Kier molecular flexibility index (Phi) is 4.20. The monoisotopic (exact) mass is 236 g/mol. The molecule has 92 valence electrons. The van der Waals surface area contributed by atoms with E-state index in [1.54, 1.807) is 13.0 Å². The van der Waals surface area contributed by atoms with Gasteiger partial charge in [-0.3, -0.25) is 14.9 Å². The van der Waals surface area contributed by atoms with Gasteiger partial charge >= 0.3 is 0 Å². The maximum Gasteiger partial charge on any atom is 0.273 e. The summed E-state index contributed by atoms with van der Waals surface area (Å²) in [4.78, 5) is 22.1. The Morgan fingerprint density at radius 2 is 2.18 bits per heavy atom. The van der Waals surface area contributed by atoms with Crippen LogP contribution in [0, 0.1) is 17.0 Å². The molecular formula is C12H16N2O3. The van der Waals surface area contributed by atoms with Gasteiger partial charge in [-0.1, -0.05) is 13.0 Å². The first kappa shape index (κ1) is 13.2. The number of nitrogens with zero attached hydrogens (tertiary/aromatic N) is 1. The van der Waals surface area contributed by atoms with Crippen molar-refractivity contribution >= 4 is 11.6 Å². The highest BCUT2D eigenvalue weighted by molar-refractivity contribution is 5.96. The largest absolute Gasteiger partial charge is 0.350 e. The van der Waals surface area contributed by atoms with E-state index >= 15 is 0 Å². The van der Waals surface area contributed by atoms with Crippen LogP contribution < -0.4 is 5.32 Å². The number of benzene rings is 1. The van der Waals surface area contributed by atoms with Gasteiger partial charge in [-0.05, 0) is 26.3 Å². The fourth-order valence-electron chi connectivity index (χ4n) is 1.47. The van der Waals surface area contributed by atoms with Crippen LogP contribution in [0.25, 0.3) is 0 Å². The van der Waals surface area contributed by atoms with Gasteiger partial charge in [-0.15, -0.1) is 0 Å². The van der Waals surface area contributed by atoms with Gasteiger partial charge < -0.3 is 5.32 Å². The van der Waals surface area contributed by atoms with Crippen molar-refractivity contribution in [1.29, 1.82) is 0 Å². The van der Waals surface area contributed by atoms with E-state index in [1.165, 1.54) is 12.1 Å². The first-order valence-electron chi connectivity index (χ1n) is 5.52. The van der Waals surface area contributed by atoms with Crippen molar-refractivity contribution < 1.29 is 9.72 Å². The first-order valence-corrected chi connectivity index (χ1v) is 5.52. The molecule has 0 bridgehead atoms. The second-order valence-corrected chi connectivity index (χ2v) is 3.99. The zero-order chi connectivity index (χ0) is 13.0. The molecule has 17 heavy (non-hydrogen) atoms. The van der Waals surface area contributed by atoms with Crippen LogP contribution in [0.1, 0.15) is 36.2 Å². The van der Waals surface area contributed by atoms with Crippen molar-refractivity contribution in [2.45, 2.75) is 33.2 Å². The summed E-state index contributed by atoms with van der Waals surface area (Å²) >= 11 is 0. The van der Waals surface area contributed by atoms with Crippen molar-refractivity contribution in [3.8, 4) is 0 Å². The van der Waals surface area contributed by atoms with Crippen LogP contribution in [0.4, 0.5) is 5.69 Å². The lowest BCUT2D eigenvalue weighted by molar-refractivity contribution is -0.385. The Bertz CT molecular complexity index is 443. The van der Waals surface area contributed by atoms with E-state index in [1.807, 2.05) is 13.8 Å². The van der Waals surface area contributed by atoms with Gasteiger partial charge in [-0.2, -0.15) is 0 Å². The number of carbonyl (C=O) groups excluding carboxylic acids is 1. The Hall–Kier alpha value is -1.91. The van der Waals surface area contributed by atoms with Crippen molar-refractivity contribution in [2.24, 2.45) is 0 Å². The molecule has 0 saturated carbocycles. The number of carbonyl (C=O) groups is 1. The van der Waals surface area contributed by atoms with Crippen LogP contribution in [0.5, 0.6) is 0 Å². The van der Waals surface area contributed by atoms with Gasteiger partial charge in [0.2, 0.25) is 0 Å². The van der Waals surface area contributed by atoms with Crippen LogP contribution in [-0.2, 0) is 0 Å². The lowest BCUT2D eigenvalue weighted by Gasteiger charge is -2.12. The summed E-state index contributed by atoms with van der Waals surface area (Å²) in [7, 11) is 0. The van der Waals surface area contributed by atoms with E-state index in [0.29, 0.717) is 11.1 Å². The maximum atomic E-state index is 11.9. The number of hydrogen-bond acceptors (Lipinski definition) is 3. The quantitative estimate of drug-likeness (QED) is 0.644. The molecule has 0 spiro atoms. The second-order valence-electron chi connectivity index (χ2n) is 3.99. The summed E-state index contributed by atoms with van der Waals surface area (Å²) in [5.41, 5.74) is 0.736. The molecule has 0 saturated heterocycles. The summed E-state index contributed by atoms with van der Waals surface area (Å²) in [5, 5.41) is 13.5. The molecule has 5 heteroatoms. The number of nitro groups is 1. The van der Waals surface area contributed by atoms with Gasteiger partial charge in [0.05, 0.1) is 4.92 Å². The van der Waals surface area contributed by atoms with Crippen LogP contribution >= 0.6 is 0 Å². The van der Waals surface area contributed by atoms with Crippen LogP contribution in [0.2, 0.25) is 0 Å². The summed E-state index contributed by atoms with van der Waals surface area (Å²) in [5.74, 6) is -0.263. The number of nitro benzene ring substituents is 1. The van der Waals surface area contributed by atoms with E-state index < -0.39 is 4.92 Å². The normalized spacial score (nSPS) is 11.9. The molecule has 0 aromatic heterocycles. The molecule has 1 amide bonds. The SMILES string of the molecule is CC[C@H](C)NC(=O)c1cccc([N+](=O)[O-])c1C. The third-order valence-electron chi connectivity index (χ3n) is 2.74. The third kappa shape index (κ3) is 3.03. The van der Waals surface area contributed by atoms with E-state index in [-0.39, 0.29) is 17.6 Å². The topological polar surface area (TPSA) is 72.2 Å². The van der Waals surface area contributed by atoms with E-state index in [2.05, 4.69) is 5.32 Å². The lowest BCUT2D eigenvalue weighted by atomic mass is 10.1. The molecule has 0 aliphatic rings. The van der Waals surface area contributed by atoms with Crippen LogP contribution in [0.3, 0.4) is 0 Å². The van der Waals surface area contributed by atoms with Crippen LogP contribution in [-0.4, -0.2) is 16.9 Å². The number of amides is 1. The average molecular weight is 236 g/mol. The van der Waals surface area contributed by atoms with Gasteiger partial charge in [0, 0.05) is 23.2 Å². The minimum atomic E-state index is -0.477. The fourth-order valence-corrected chi connectivity index (χ4v) is 1.47. The molecule has 5 nitrogen and oxygen atoms in total. The lowest BCUT2D eigenvalue weighted by Crippen LogP contribution is -2.32. The Balaban J connectivity index is 3.02. The number of rotatable bonds is 4. The number of hydrogen-bond donors (Lipinski definition) is 1. The fraction of sp³-hybridized carbons (Fsp3) is 0.417. The molecule has 1 rings (SSSR count). The third-order valence-corrected chi connectivity index (χ3v) is 2.74. The van der Waals surface area contributed by atoms with Crippen molar-refractivity contribution in [3.63, 3.8) is 0 Å². The zero-order valence-corrected chi connectivity index (χ0v) is 10.2. The van der Waals surface area contributed by atoms with Gasteiger partial charge in [0.15, 0.2) is 0 Å². The Morgan fingerprint density at radius 3 is 2.71 bits per heavy atom. The number of nitrogens with one attached hydrogen (secondary N) is 1. The molecule has 1 atom stereocenters. The summed E-state index contributed by atoms with van der Waals surface area (Å²) in [6.45, 7) is 5.44. The van der Waals surface area contributed by atoms with E-state index in [4.69, 9.17) is 0 Å². The molecule has 0 aliphatic carbocycles. The predicted octanol–water partition coefficient (Wildman–Crippen LogP) is 2.43. The van der Waals surface area contributed by atoms with Gasteiger partial charge in [-0.25, -0.2) is 0 Å². The Morgan fingerprint density at radius 1 is 1.53 bits per heavy atom. The van der Waals surface area contributed by atoms with Crippen molar-refractivity contribution in [1.82, 2.24) is 5.32 Å². The molecule has 0 radical (unpaired) electrons. The smallest absolute Gasteiger partial charge is 0.273 e. The van der Waals surface area contributed by atoms with E-state index in [9.17, 15) is 14.9 Å². The molecule has 1 aromatic carbocycles. The van der Waals surface area contributed by atoms with Crippen molar-refractivity contribution in [2.75, 3.05) is 0 Å². The summed E-state index contributed by atoms with van der Waals surface area (Å²) in [6.07, 6.45) is 0.819. The van der Waals surface area contributed by atoms with Crippen LogP contribution in [0.15, 0.2) is 18.2 Å². The highest BCUT2D eigenvalue weighted by Crippen LogP contribution is 2.21. The highest BCUT2D eigenvalue weighted by Gasteiger charge is 2.18. The molecule has 0 fully saturated rings. The molecule has 0 unspecified atom stereocenters. The average Bonchev–Trinajstić information content (AvgIpc) is 2.28. The first-order chi connectivity index (χ1) is 7.97. The van der Waals surface area contributed by atoms with E-state index in [0.717, 1.165) is 6.42 Å². The standard InChI is InChI=1S/C12H16N2O3/c1-4-8(2)13-12(15)10-6-5-7-11(9(10)3)14(16)17/h5-8H,4H2,1-3H3,(H,13,15)/t8-/m0/s1. The van der Waals surface area contributed by atoms with Crippen molar-refractivity contribution in [3.05, 3.63) is 39.4 Å². The molecule has 0 heterocycles. The minimum Gasteiger partial charge on any atom is -0.350 e. The summed E-state index contributed by atoms with van der Waals surface area (Å²) < 4.78 is 0. The van der Waals surface area contributed by atoms with Gasteiger partial charge in [0.25, 0.3) is 11.6 Å². The molecule has 0 aliphatic heterocycles. The molecular weight excluding hydrogens is 220 g/mol. The zero-order valence-electron chi connectivity index (χ0n) is 10.2. The maximum absolute atomic E-state index is 11.9. The van der Waals surface area contributed by atoms with Gasteiger partial charge in [0.1, 0.15) is 0 Å². The minimum absolute atomic E-state index is 0.0261. The summed E-state index contributed by atoms with van der Waals surface area (Å²) in [6, 6.07) is 4.58. The molecule has 1 aromatic rings. The second kappa shape index (κ2) is 5.43. The Labute approximate surface area is 100.0 Å². The highest BCUT2D eigenvalue weighted by atomic mass is 16.6.